The Balaban J connectivity index is 1.79. The van der Waals surface area contributed by atoms with E-state index in [9.17, 15) is 8.78 Å². The van der Waals surface area contributed by atoms with Crippen molar-refractivity contribution in [2.45, 2.75) is 51.4 Å². The molecule has 3 rings (SSSR count). The molecule has 23 heavy (non-hydrogen) atoms. The zero-order chi connectivity index (χ0) is 16.6. The number of nitrogens with one attached hydrogen (secondary N) is 1. The van der Waals surface area contributed by atoms with Gasteiger partial charge in [0.2, 0.25) is 0 Å². The second kappa shape index (κ2) is 6.37. The third-order valence-corrected chi connectivity index (χ3v) is 4.49. The van der Waals surface area contributed by atoms with E-state index in [0.717, 1.165) is 31.3 Å². The van der Waals surface area contributed by atoms with Gasteiger partial charge >= 0.3 is 0 Å². The molecule has 0 saturated heterocycles. The molecule has 124 valence electrons. The summed E-state index contributed by atoms with van der Waals surface area (Å²) in [5, 5.41) is 3.53. The van der Waals surface area contributed by atoms with Crippen LogP contribution >= 0.6 is 0 Å². The number of aromatic nitrogens is 2. The Bertz CT molecular complexity index is 696. The van der Waals surface area contributed by atoms with Crippen LogP contribution in [0.2, 0.25) is 0 Å². The minimum Gasteiger partial charge on any atom is -0.333 e. The predicted octanol–water partition coefficient (Wildman–Crippen LogP) is 2.47. The number of imidazole rings is 1. The summed E-state index contributed by atoms with van der Waals surface area (Å²) in [4.78, 5) is 4.51. The van der Waals surface area contributed by atoms with Crippen molar-refractivity contribution in [2.75, 3.05) is 0 Å². The van der Waals surface area contributed by atoms with E-state index in [1.807, 2.05) is 17.7 Å². The topological polar surface area (TPSA) is 55.9 Å². The quantitative estimate of drug-likeness (QED) is 0.910. The lowest BCUT2D eigenvalue weighted by Crippen LogP contribution is -2.48. The van der Waals surface area contributed by atoms with E-state index in [4.69, 9.17) is 5.73 Å². The molecule has 3 N–H and O–H groups in total. The van der Waals surface area contributed by atoms with Gasteiger partial charge in [-0.25, -0.2) is 13.8 Å². The average Bonchev–Trinajstić information content (AvgIpc) is 2.89. The van der Waals surface area contributed by atoms with Crippen LogP contribution in [0.4, 0.5) is 8.78 Å². The molecule has 1 aromatic heterocycles. The minimum atomic E-state index is -0.583. The standard InChI is InChI=1S/C17H22F2N4/c1-10(20)11(2)21-13-4-6-17-22-16(9-23(17)8-13)14-5-3-12(18)7-15(14)19/h3,5,7,9-11,13,21H,4,6,8,20H2,1-2H3. The van der Waals surface area contributed by atoms with Gasteiger partial charge in [0.25, 0.3) is 0 Å². The summed E-state index contributed by atoms with van der Waals surface area (Å²) in [5.41, 5.74) is 6.79. The van der Waals surface area contributed by atoms with Gasteiger partial charge in [-0.3, -0.25) is 0 Å². The summed E-state index contributed by atoms with van der Waals surface area (Å²) < 4.78 is 29.0. The summed E-state index contributed by atoms with van der Waals surface area (Å²) >= 11 is 0. The van der Waals surface area contributed by atoms with E-state index in [-0.39, 0.29) is 12.1 Å². The van der Waals surface area contributed by atoms with Crippen LogP contribution in [-0.2, 0) is 13.0 Å². The number of aryl methyl sites for hydroxylation is 1. The number of nitrogens with two attached hydrogens (primary N) is 1. The van der Waals surface area contributed by atoms with E-state index in [2.05, 4.69) is 17.2 Å². The van der Waals surface area contributed by atoms with E-state index < -0.39 is 11.6 Å². The Kier molecular flexibility index (Phi) is 4.46. The van der Waals surface area contributed by atoms with Crippen LogP contribution < -0.4 is 11.1 Å². The first kappa shape index (κ1) is 16.1. The molecule has 1 aromatic carbocycles. The highest BCUT2D eigenvalue weighted by Gasteiger charge is 2.23. The fraction of sp³-hybridized carbons (Fsp3) is 0.471. The molecular weight excluding hydrogens is 298 g/mol. The van der Waals surface area contributed by atoms with Gasteiger partial charge in [-0.15, -0.1) is 0 Å². The molecule has 2 aromatic rings. The van der Waals surface area contributed by atoms with Gasteiger partial charge in [0.05, 0.1) is 5.69 Å². The maximum Gasteiger partial charge on any atom is 0.135 e. The first-order chi connectivity index (χ1) is 10.9. The van der Waals surface area contributed by atoms with Crippen LogP contribution in [0.5, 0.6) is 0 Å². The van der Waals surface area contributed by atoms with Crippen LogP contribution in [0, 0.1) is 11.6 Å². The fourth-order valence-corrected chi connectivity index (χ4v) is 2.93. The molecular formula is C17H22F2N4. The Hall–Kier alpha value is -1.79. The summed E-state index contributed by atoms with van der Waals surface area (Å²) in [6, 6.07) is 4.23. The van der Waals surface area contributed by atoms with Crippen molar-refractivity contribution in [3.8, 4) is 11.3 Å². The molecule has 0 radical (unpaired) electrons. The number of nitrogens with zero attached hydrogens (tertiary/aromatic N) is 2. The largest absolute Gasteiger partial charge is 0.333 e. The Morgan fingerprint density at radius 2 is 2.13 bits per heavy atom. The Morgan fingerprint density at radius 3 is 2.83 bits per heavy atom. The number of hydrogen-bond acceptors (Lipinski definition) is 3. The van der Waals surface area contributed by atoms with Crippen molar-refractivity contribution in [3.05, 3.63) is 41.9 Å². The summed E-state index contributed by atoms with van der Waals surface area (Å²) in [6.45, 7) is 4.84. The molecule has 6 heteroatoms. The molecule has 0 amide bonds. The van der Waals surface area contributed by atoms with Crippen molar-refractivity contribution in [1.29, 1.82) is 0 Å². The highest BCUT2D eigenvalue weighted by Crippen LogP contribution is 2.25. The summed E-state index contributed by atoms with van der Waals surface area (Å²) in [5.74, 6) is -0.222. The molecule has 0 spiro atoms. The molecule has 3 unspecified atom stereocenters. The van der Waals surface area contributed by atoms with Gasteiger partial charge in [0.15, 0.2) is 0 Å². The lowest BCUT2D eigenvalue weighted by molar-refractivity contribution is 0.331. The summed E-state index contributed by atoms with van der Waals surface area (Å²) in [6.07, 6.45) is 3.64. The Labute approximate surface area is 134 Å². The van der Waals surface area contributed by atoms with Crippen molar-refractivity contribution >= 4 is 0 Å². The second-order valence-corrected chi connectivity index (χ2v) is 6.37. The molecule has 2 heterocycles. The van der Waals surface area contributed by atoms with Crippen molar-refractivity contribution in [3.63, 3.8) is 0 Å². The third kappa shape index (κ3) is 3.43. The molecule has 4 nitrogen and oxygen atoms in total. The van der Waals surface area contributed by atoms with Gasteiger partial charge < -0.3 is 15.6 Å². The molecule has 0 saturated carbocycles. The number of halogens is 2. The first-order valence-corrected chi connectivity index (χ1v) is 7.97. The lowest BCUT2D eigenvalue weighted by Gasteiger charge is -2.29. The lowest BCUT2D eigenvalue weighted by atomic mass is 10.0. The van der Waals surface area contributed by atoms with Crippen molar-refractivity contribution in [1.82, 2.24) is 14.9 Å². The van der Waals surface area contributed by atoms with Crippen LogP contribution in [0.1, 0.15) is 26.1 Å². The second-order valence-electron chi connectivity index (χ2n) is 6.37. The SMILES string of the molecule is CC(N)C(C)NC1CCc2nc(-c3ccc(F)cc3F)cn2C1. The molecule has 3 atom stereocenters. The van der Waals surface area contributed by atoms with Gasteiger partial charge in [-0.1, -0.05) is 0 Å². The van der Waals surface area contributed by atoms with Gasteiger partial charge in [-0.2, -0.15) is 0 Å². The third-order valence-electron chi connectivity index (χ3n) is 4.49. The smallest absolute Gasteiger partial charge is 0.135 e. The molecule has 0 aliphatic carbocycles. The number of fused-ring (bicyclic) bond motifs is 1. The average molecular weight is 320 g/mol. The maximum absolute atomic E-state index is 13.9. The van der Waals surface area contributed by atoms with E-state index in [1.54, 1.807) is 0 Å². The zero-order valence-corrected chi connectivity index (χ0v) is 13.4. The van der Waals surface area contributed by atoms with Crippen molar-refractivity contribution < 1.29 is 8.78 Å². The number of hydrogen-bond donors (Lipinski definition) is 2. The van der Waals surface area contributed by atoms with Crippen LogP contribution in [0.3, 0.4) is 0 Å². The Morgan fingerprint density at radius 1 is 1.35 bits per heavy atom. The van der Waals surface area contributed by atoms with E-state index in [0.29, 0.717) is 17.3 Å². The van der Waals surface area contributed by atoms with Crippen molar-refractivity contribution in [2.24, 2.45) is 5.73 Å². The van der Waals surface area contributed by atoms with Crippen LogP contribution in [0.15, 0.2) is 24.4 Å². The van der Waals surface area contributed by atoms with E-state index >= 15 is 0 Å². The minimum absolute atomic E-state index is 0.0862. The molecule has 1 aliphatic rings. The zero-order valence-electron chi connectivity index (χ0n) is 13.4. The molecule has 0 fully saturated rings. The highest BCUT2D eigenvalue weighted by atomic mass is 19.1. The molecule has 0 bridgehead atoms. The van der Waals surface area contributed by atoms with Crippen LogP contribution in [0.25, 0.3) is 11.3 Å². The number of benzene rings is 1. The molecule has 1 aliphatic heterocycles. The van der Waals surface area contributed by atoms with Crippen LogP contribution in [-0.4, -0.2) is 27.7 Å². The summed E-state index contributed by atoms with van der Waals surface area (Å²) in [7, 11) is 0. The fourth-order valence-electron chi connectivity index (χ4n) is 2.93. The van der Waals surface area contributed by atoms with E-state index in [1.165, 1.54) is 12.1 Å². The monoisotopic (exact) mass is 320 g/mol. The van der Waals surface area contributed by atoms with Gasteiger partial charge in [-0.05, 0) is 32.4 Å². The maximum atomic E-state index is 13.9. The highest BCUT2D eigenvalue weighted by molar-refractivity contribution is 5.59. The first-order valence-electron chi connectivity index (χ1n) is 7.97. The number of rotatable bonds is 4. The normalized spacial score (nSPS) is 20.1. The predicted molar refractivity (Wildman–Crippen MR) is 85.9 cm³/mol. The van der Waals surface area contributed by atoms with Gasteiger partial charge in [0.1, 0.15) is 17.5 Å². The van der Waals surface area contributed by atoms with Gasteiger partial charge in [0, 0.05) is 48.9 Å².